The van der Waals surface area contributed by atoms with Crippen molar-refractivity contribution in [3.8, 4) is 5.75 Å². The number of hydrogen-bond acceptors (Lipinski definition) is 14. The van der Waals surface area contributed by atoms with E-state index in [2.05, 4.69) is 31.7 Å². The first-order chi connectivity index (χ1) is 24.3. The number of carbonyl (C=O) groups excluding carboxylic acids is 2. The number of hydrogen-bond donors (Lipinski definition) is 8. The van der Waals surface area contributed by atoms with E-state index in [9.17, 15) is 9.59 Å². The number of hydrazine groups is 1. The van der Waals surface area contributed by atoms with Gasteiger partial charge in [-0.25, -0.2) is 5.43 Å². The van der Waals surface area contributed by atoms with Gasteiger partial charge in [-0.3, -0.25) is 15.4 Å². The zero-order valence-corrected chi connectivity index (χ0v) is 29.6. The van der Waals surface area contributed by atoms with Crippen LogP contribution in [0.15, 0.2) is 76.6 Å². The summed E-state index contributed by atoms with van der Waals surface area (Å²) in [5, 5.41) is 36.4. The lowest BCUT2D eigenvalue weighted by molar-refractivity contribution is -0.144. The normalized spacial score (nSPS) is 19.2. The summed E-state index contributed by atoms with van der Waals surface area (Å²) < 4.78 is 10.9. The first-order valence-corrected chi connectivity index (χ1v) is 18.3. The largest absolute Gasteiger partial charge is 0.490 e. The van der Waals surface area contributed by atoms with Gasteiger partial charge in [-0.2, -0.15) is 0 Å². The Morgan fingerprint density at radius 2 is 1.80 bits per heavy atom. The number of carbonyl (C=O) groups is 2. The fourth-order valence-corrected chi connectivity index (χ4v) is 7.91. The Labute approximate surface area is 304 Å². The minimum absolute atomic E-state index is 0.0304. The van der Waals surface area contributed by atoms with Crippen molar-refractivity contribution in [3.63, 3.8) is 0 Å². The molecule has 0 bridgehead atoms. The molecule has 2 aromatic rings. The number of dihydropyridines is 1. The van der Waals surface area contributed by atoms with Crippen LogP contribution in [-0.4, -0.2) is 85.4 Å². The van der Waals surface area contributed by atoms with Crippen LogP contribution in [0.5, 0.6) is 5.75 Å². The Hall–Kier alpha value is -4.28. The summed E-state index contributed by atoms with van der Waals surface area (Å²) in [6.45, 7) is 1.49. The molecule has 2 aromatic carbocycles. The number of benzene rings is 2. The topological polar surface area (TPSA) is 202 Å². The van der Waals surface area contributed by atoms with Crippen molar-refractivity contribution in [1.82, 2.24) is 26.3 Å². The monoisotopic (exact) mass is 737 g/mol. The smallest absolute Gasteiger partial charge is 0.325 e. The quantitative estimate of drug-likeness (QED) is 0.0386. The molecule has 13 nitrogen and oxygen atoms in total. The number of likely N-dealkylation sites (tertiary alicyclic amines) is 1. The third-order valence-electron chi connectivity index (χ3n) is 8.12. The number of rotatable bonds is 17. The van der Waals surface area contributed by atoms with Crippen molar-refractivity contribution in [3.05, 3.63) is 92.8 Å². The van der Waals surface area contributed by atoms with E-state index >= 15 is 0 Å². The van der Waals surface area contributed by atoms with Crippen LogP contribution in [0, 0.1) is 16.2 Å². The Balaban J connectivity index is 1.24. The van der Waals surface area contributed by atoms with Crippen LogP contribution >= 0.6 is 35.1 Å². The van der Waals surface area contributed by atoms with Crippen LogP contribution in [0.25, 0.3) is 5.57 Å². The van der Waals surface area contributed by atoms with Gasteiger partial charge in [0.15, 0.2) is 0 Å². The highest BCUT2D eigenvalue weighted by Crippen LogP contribution is 2.40. The molecule has 0 aromatic heterocycles. The molecule has 9 N–H and O–H groups in total. The maximum absolute atomic E-state index is 12.0. The van der Waals surface area contributed by atoms with Gasteiger partial charge >= 0.3 is 5.97 Å². The lowest BCUT2D eigenvalue weighted by atomic mass is 9.90. The molecule has 1 amide bonds. The highest BCUT2D eigenvalue weighted by atomic mass is 35.5. The summed E-state index contributed by atoms with van der Waals surface area (Å²) in [5.41, 5.74) is 7.60. The van der Waals surface area contributed by atoms with Crippen molar-refractivity contribution < 1.29 is 19.1 Å². The zero-order valence-electron chi connectivity index (χ0n) is 27.2. The third-order valence-corrected chi connectivity index (χ3v) is 10.6. The van der Waals surface area contributed by atoms with E-state index in [1.807, 2.05) is 48.5 Å². The number of esters is 1. The van der Waals surface area contributed by atoms with Crippen LogP contribution < -0.4 is 32.0 Å². The minimum atomic E-state index is -1.03. The highest BCUT2D eigenvalue weighted by Gasteiger charge is 2.32. The van der Waals surface area contributed by atoms with E-state index < -0.39 is 17.9 Å². The maximum Gasteiger partial charge on any atom is 0.325 e. The molecule has 16 heteroatoms. The Morgan fingerprint density at radius 3 is 2.46 bits per heavy atom. The number of nitrogens with one attached hydrogen (secondary N) is 7. The highest BCUT2D eigenvalue weighted by molar-refractivity contribution is 8.03. The van der Waals surface area contributed by atoms with Crippen molar-refractivity contribution in [2.75, 3.05) is 38.6 Å². The molecule has 3 aliphatic rings. The predicted molar refractivity (Wildman–Crippen MR) is 201 cm³/mol. The average Bonchev–Trinajstić information content (AvgIpc) is 3.85. The summed E-state index contributed by atoms with van der Waals surface area (Å²) in [4.78, 5) is 26.1. The number of thioether (sulfide) groups is 2. The number of halogens is 1. The average molecular weight is 738 g/mol. The molecule has 50 heavy (non-hydrogen) atoms. The second kappa shape index (κ2) is 18.1. The Morgan fingerprint density at radius 1 is 1.06 bits per heavy atom. The van der Waals surface area contributed by atoms with Crippen molar-refractivity contribution in [2.45, 2.75) is 29.6 Å². The van der Waals surface area contributed by atoms with Gasteiger partial charge < -0.3 is 46.6 Å². The number of amides is 1. The first-order valence-electron chi connectivity index (χ1n) is 16.0. The van der Waals surface area contributed by atoms with Gasteiger partial charge in [0.1, 0.15) is 48.1 Å². The molecule has 1 fully saturated rings. The third kappa shape index (κ3) is 9.28. The van der Waals surface area contributed by atoms with Gasteiger partial charge in [0.05, 0.1) is 0 Å². The number of nitrogens with zero attached hydrogens (tertiary/aromatic N) is 1. The standard InChI is InChI=1S/C34H40ClN9O4S2/c35-23-7-3-22(4-8-23)33-41-24(19-49-33)20-50-34-27(16-37)30(26(15-36)31(42-34)44-11-1-2-12-44)21-5-9-25(10-6-21)47-13-14-48-29(45)18-40-32(46)28(17-38)43-39/h3-10,15-17,19,28,33-34,36-38,41-43H,1-2,11-14,18,20,39H2,(H,40,46)/t28-,33?,34?/m0/s1. The molecule has 0 spiro atoms. The zero-order chi connectivity index (χ0) is 35.5. The van der Waals surface area contributed by atoms with E-state index in [1.165, 1.54) is 12.4 Å². The lowest BCUT2D eigenvalue weighted by Crippen LogP contribution is -2.49. The molecule has 1 saturated heterocycles. The molecule has 0 aliphatic carbocycles. The van der Waals surface area contributed by atoms with Crippen molar-refractivity contribution >= 4 is 71.2 Å². The van der Waals surface area contributed by atoms with Gasteiger partial charge in [0.25, 0.3) is 0 Å². The lowest BCUT2D eigenvalue weighted by Gasteiger charge is -2.36. The molecule has 0 saturated carbocycles. The molecule has 5 rings (SSSR count). The Kier molecular flexibility index (Phi) is 13.4. The molecule has 264 valence electrons. The summed E-state index contributed by atoms with van der Waals surface area (Å²) in [6.07, 6.45) is 5.73. The summed E-state index contributed by atoms with van der Waals surface area (Å²) >= 11 is 9.51. The predicted octanol–water partition coefficient (Wildman–Crippen LogP) is 3.76. The van der Waals surface area contributed by atoms with E-state index in [0.29, 0.717) is 16.5 Å². The fourth-order valence-electron chi connectivity index (χ4n) is 5.62. The van der Waals surface area contributed by atoms with E-state index in [1.54, 1.807) is 23.5 Å². The van der Waals surface area contributed by atoms with Gasteiger partial charge in [-0.15, -0.1) is 23.5 Å². The number of nitrogens with two attached hydrogens (primary N) is 1. The second-order valence-electron chi connectivity index (χ2n) is 11.4. The van der Waals surface area contributed by atoms with E-state index in [4.69, 9.17) is 43.1 Å². The minimum Gasteiger partial charge on any atom is -0.490 e. The summed E-state index contributed by atoms with van der Waals surface area (Å²) in [7, 11) is 0. The van der Waals surface area contributed by atoms with Crippen LogP contribution in [-0.2, 0) is 14.3 Å². The van der Waals surface area contributed by atoms with Crippen LogP contribution in [0.3, 0.4) is 0 Å². The molecule has 3 atom stereocenters. The number of allylic oxidation sites excluding steroid dienone is 2. The maximum atomic E-state index is 12.0. The Bertz CT molecular complexity index is 1660. The van der Waals surface area contributed by atoms with Crippen molar-refractivity contribution in [1.29, 1.82) is 16.2 Å². The molecule has 3 heterocycles. The molecule has 0 radical (unpaired) electrons. The molecule has 2 unspecified atom stereocenters. The first kappa shape index (κ1) is 37.0. The van der Waals surface area contributed by atoms with Crippen LogP contribution in [0.4, 0.5) is 0 Å². The second-order valence-corrected chi connectivity index (χ2v) is 13.9. The molecular formula is C34H40ClN9O4S2. The van der Waals surface area contributed by atoms with Crippen LogP contribution in [0.2, 0.25) is 5.02 Å². The van der Waals surface area contributed by atoms with Crippen LogP contribution in [0.1, 0.15) is 29.3 Å². The summed E-state index contributed by atoms with van der Waals surface area (Å²) in [6, 6.07) is 14.3. The fraction of sp³-hybridized carbons (Fsp3) is 0.324. The van der Waals surface area contributed by atoms with Gasteiger partial charge in [-0.1, -0.05) is 35.9 Å². The number of ether oxygens (including phenoxy) is 2. The van der Waals surface area contributed by atoms with E-state index in [0.717, 1.165) is 71.5 Å². The van der Waals surface area contributed by atoms with Gasteiger partial charge in [0, 0.05) is 64.9 Å². The van der Waals surface area contributed by atoms with Crippen molar-refractivity contribution in [2.24, 2.45) is 5.84 Å². The van der Waals surface area contributed by atoms with Gasteiger partial charge in [0.2, 0.25) is 5.91 Å². The summed E-state index contributed by atoms with van der Waals surface area (Å²) in [5.74, 6) is 6.08. The van der Waals surface area contributed by atoms with E-state index in [-0.39, 0.29) is 30.5 Å². The molecule has 3 aliphatic heterocycles. The molecular weight excluding hydrogens is 698 g/mol. The van der Waals surface area contributed by atoms with Gasteiger partial charge in [-0.05, 0) is 53.6 Å². The SMILES string of the molecule is N=CC1=C(N2CCCC2)NC(SCC2=CSC(c3ccc(Cl)cc3)N2)C(C=N)=C1c1ccc(OCCOC(=O)CNC(=O)[C@H](C=N)NN)cc1.